The molecule has 102 valence electrons. The molecule has 0 saturated carbocycles. The number of rotatable bonds is 8. The Morgan fingerprint density at radius 3 is 2.83 bits per heavy atom. The van der Waals surface area contributed by atoms with Crippen LogP contribution in [0.15, 0.2) is 0 Å². The summed E-state index contributed by atoms with van der Waals surface area (Å²) in [6.07, 6.45) is 1.93. The van der Waals surface area contributed by atoms with Crippen molar-refractivity contribution < 1.29 is 4.79 Å². The fourth-order valence-electron chi connectivity index (χ4n) is 1.58. The zero-order valence-corrected chi connectivity index (χ0v) is 11.4. The Labute approximate surface area is 108 Å². The highest BCUT2D eigenvalue weighted by Gasteiger charge is 2.11. The lowest BCUT2D eigenvalue weighted by atomic mass is 10.4. The van der Waals surface area contributed by atoms with Crippen molar-refractivity contribution in [1.82, 2.24) is 30.4 Å². The number of nitrogens with zero attached hydrogens (tertiary/aromatic N) is 5. The lowest BCUT2D eigenvalue weighted by Crippen LogP contribution is -2.35. The normalized spacial score (nSPS) is 10.9. The van der Waals surface area contributed by atoms with Crippen molar-refractivity contribution in [2.75, 3.05) is 20.1 Å². The highest BCUT2D eigenvalue weighted by molar-refractivity contribution is 5.77. The molecule has 0 spiro atoms. The molecule has 1 rings (SSSR count). The van der Waals surface area contributed by atoms with Gasteiger partial charge in [0.15, 0.2) is 5.82 Å². The Bertz CT molecular complexity index is 364. The Morgan fingerprint density at radius 1 is 1.39 bits per heavy atom. The SMILES string of the molecule is CCCNC(=O)CN(C)Cc1nnnn1CCC. The Kier molecular flexibility index (Phi) is 6.27. The van der Waals surface area contributed by atoms with Crippen molar-refractivity contribution in [2.24, 2.45) is 0 Å². The third kappa shape index (κ3) is 4.79. The third-order valence-corrected chi connectivity index (χ3v) is 2.44. The van der Waals surface area contributed by atoms with Crippen LogP contribution in [0, 0.1) is 0 Å². The van der Waals surface area contributed by atoms with Gasteiger partial charge >= 0.3 is 0 Å². The van der Waals surface area contributed by atoms with Gasteiger partial charge < -0.3 is 5.32 Å². The van der Waals surface area contributed by atoms with Crippen LogP contribution in [0.2, 0.25) is 0 Å². The first-order valence-corrected chi connectivity index (χ1v) is 6.37. The van der Waals surface area contributed by atoms with Crippen LogP contribution in [0.4, 0.5) is 0 Å². The molecule has 18 heavy (non-hydrogen) atoms. The molecule has 0 fully saturated rings. The second-order valence-electron chi connectivity index (χ2n) is 4.34. The second kappa shape index (κ2) is 7.75. The summed E-state index contributed by atoms with van der Waals surface area (Å²) in [5, 5.41) is 14.4. The Hall–Kier alpha value is -1.50. The highest BCUT2D eigenvalue weighted by Crippen LogP contribution is 1.98. The lowest BCUT2D eigenvalue weighted by molar-refractivity contribution is -0.122. The van der Waals surface area contributed by atoms with E-state index in [1.165, 1.54) is 0 Å². The zero-order chi connectivity index (χ0) is 13.4. The summed E-state index contributed by atoms with van der Waals surface area (Å²) in [6.45, 7) is 6.57. The van der Waals surface area contributed by atoms with Crippen molar-refractivity contribution in [3.8, 4) is 0 Å². The average Bonchev–Trinajstić information content (AvgIpc) is 2.74. The van der Waals surface area contributed by atoms with Gasteiger partial charge in [-0.15, -0.1) is 5.10 Å². The van der Waals surface area contributed by atoms with Crippen LogP contribution in [0.1, 0.15) is 32.5 Å². The van der Waals surface area contributed by atoms with Gasteiger partial charge in [0.2, 0.25) is 5.91 Å². The fourth-order valence-corrected chi connectivity index (χ4v) is 1.58. The van der Waals surface area contributed by atoms with Gasteiger partial charge in [0.05, 0.1) is 13.1 Å². The first-order chi connectivity index (χ1) is 8.67. The molecule has 0 aliphatic rings. The summed E-state index contributed by atoms with van der Waals surface area (Å²) in [5.74, 6) is 0.830. The van der Waals surface area contributed by atoms with Gasteiger partial charge in [-0.1, -0.05) is 13.8 Å². The molecule has 1 amide bonds. The van der Waals surface area contributed by atoms with E-state index in [1.807, 2.05) is 18.9 Å². The maximum Gasteiger partial charge on any atom is 0.234 e. The minimum Gasteiger partial charge on any atom is -0.355 e. The van der Waals surface area contributed by atoms with Crippen LogP contribution in [0.25, 0.3) is 0 Å². The molecule has 0 aliphatic carbocycles. The quantitative estimate of drug-likeness (QED) is 0.709. The van der Waals surface area contributed by atoms with Gasteiger partial charge in [-0.25, -0.2) is 4.68 Å². The molecule has 0 aromatic carbocycles. The molecular formula is C11H22N6O. The van der Waals surface area contributed by atoms with E-state index in [2.05, 4.69) is 27.8 Å². The summed E-state index contributed by atoms with van der Waals surface area (Å²) < 4.78 is 1.78. The number of carbonyl (C=O) groups is 1. The van der Waals surface area contributed by atoms with Crippen molar-refractivity contribution in [1.29, 1.82) is 0 Å². The molecule has 0 saturated heterocycles. The van der Waals surface area contributed by atoms with E-state index in [4.69, 9.17) is 0 Å². The summed E-state index contributed by atoms with van der Waals surface area (Å²) in [7, 11) is 1.89. The number of amides is 1. The summed E-state index contributed by atoms with van der Waals surface area (Å²) in [5.41, 5.74) is 0. The predicted octanol–water partition coefficient (Wildman–Crippen LogP) is 0.0411. The van der Waals surface area contributed by atoms with E-state index in [1.54, 1.807) is 4.68 Å². The summed E-state index contributed by atoms with van der Waals surface area (Å²) in [4.78, 5) is 13.4. The smallest absolute Gasteiger partial charge is 0.234 e. The molecule has 7 heteroatoms. The lowest BCUT2D eigenvalue weighted by Gasteiger charge is -2.15. The third-order valence-electron chi connectivity index (χ3n) is 2.44. The average molecular weight is 254 g/mol. The Morgan fingerprint density at radius 2 is 2.17 bits per heavy atom. The van der Waals surface area contributed by atoms with Gasteiger partial charge in [0.25, 0.3) is 0 Å². The minimum atomic E-state index is 0.0360. The van der Waals surface area contributed by atoms with E-state index in [-0.39, 0.29) is 5.91 Å². The monoisotopic (exact) mass is 254 g/mol. The van der Waals surface area contributed by atoms with Crippen LogP contribution in [0.5, 0.6) is 0 Å². The predicted molar refractivity (Wildman–Crippen MR) is 67.7 cm³/mol. The number of aromatic nitrogens is 4. The summed E-state index contributed by atoms with van der Waals surface area (Å²) in [6, 6.07) is 0. The standard InChI is InChI=1S/C11H22N6O/c1-4-6-12-11(18)9-16(3)8-10-13-14-15-17(10)7-5-2/h4-9H2,1-3H3,(H,12,18). The molecule has 7 nitrogen and oxygen atoms in total. The van der Waals surface area contributed by atoms with Gasteiger partial charge in [-0.3, -0.25) is 9.69 Å². The summed E-state index contributed by atoms with van der Waals surface area (Å²) >= 11 is 0. The minimum absolute atomic E-state index is 0.0360. The van der Waals surface area contributed by atoms with Gasteiger partial charge in [-0.2, -0.15) is 0 Å². The maximum atomic E-state index is 11.5. The number of nitrogens with one attached hydrogen (secondary N) is 1. The topological polar surface area (TPSA) is 75.9 Å². The number of carbonyl (C=O) groups excluding carboxylic acids is 1. The van der Waals surface area contributed by atoms with Gasteiger partial charge in [0, 0.05) is 13.1 Å². The number of aryl methyl sites for hydroxylation is 1. The van der Waals surface area contributed by atoms with E-state index in [9.17, 15) is 4.79 Å². The molecule has 1 N–H and O–H groups in total. The molecule has 1 aromatic rings. The number of likely N-dealkylation sites (N-methyl/N-ethyl adjacent to an activating group) is 1. The molecule has 0 bridgehead atoms. The largest absolute Gasteiger partial charge is 0.355 e. The number of tetrazole rings is 1. The molecule has 0 aliphatic heterocycles. The molecule has 0 unspecified atom stereocenters. The van der Waals surface area contributed by atoms with E-state index in [0.717, 1.165) is 31.8 Å². The molecular weight excluding hydrogens is 232 g/mol. The van der Waals surface area contributed by atoms with Gasteiger partial charge in [-0.05, 0) is 30.3 Å². The van der Waals surface area contributed by atoms with Crippen molar-refractivity contribution in [3.63, 3.8) is 0 Å². The number of hydrogen-bond donors (Lipinski definition) is 1. The number of hydrogen-bond acceptors (Lipinski definition) is 5. The van der Waals surface area contributed by atoms with Crippen LogP contribution >= 0.6 is 0 Å². The fraction of sp³-hybridized carbons (Fsp3) is 0.818. The molecule has 0 atom stereocenters. The van der Waals surface area contributed by atoms with Crippen molar-refractivity contribution >= 4 is 5.91 Å². The van der Waals surface area contributed by atoms with E-state index in [0.29, 0.717) is 13.1 Å². The second-order valence-corrected chi connectivity index (χ2v) is 4.34. The molecule has 1 heterocycles. The van der Waals surface area contributed by atoms with Crippen molar-refractivity contribution in [2.45, 2.75) is 39.8 Å². The van der Waals surface area contributed by atoms with E-state index >= 15 is 0 Å². The zero-order valence-electron chi connectivity index (χ0n) is 11.4. The van der Waals surface area contributed by atoms with Crippen LogP contribution < -0.4 is 5.32 Å². The van der Waals surface area contributed by atoms with Gasteiger partial charge in [0.1, 0.15) is 0 Å². The van der Waals surface area contributed by atoms with Crippen LogP contribution in [-0.4, -0.2) is 51.2 Å². The molecule has 1 aromatic heterocycles. The van der Waals surface area contributed by atoms with Crippen molar-refractivity contribution in [3.05, 3.63) is 5.82 Å². The first kappa shape index (κ1) is 14.6. The van der Waals surface area contributed by atoms with Crippen LogP contribution in [0.3, 0.4) is 0 Å². The first-order valence-electron chi connectivity index (χ1n) is 6.37. The molecule has 0 radical (unpaired) electrons. The van der Waals surface area contributed by atoms with E-state index < -0.39 is 0 Å². The van der Waals surface area contributed by atoms with Crippen LogP contribution in [-0.2, 0) is 17.9 Å². The highest BCUT2D eigenvalue weighted by atomic mass is 16.2. The Balaban J connectivity index is 2.41. The maximum absolute atomic E-state index is 11.5.